The first-order valence-corrected chi connectivity index (χ1v) is 11.6. The molecule has 0 aromatic heterocycles. The Bertz CT molecular complexity index is 945. The van der Waals surface area contributed by atoms with E-state index in [2.05, 4.69) is 28.6 Å². The maximum atomic E-state index is 12.9. The second-order valence-electron chi connectivity index (χ2n) is 7.87. The molecule has 1 aromatic rings. The van der Waals surface area contributed by atoms with Gasteiger partial charge in [-0.15, -0.1) is 0 Å². The van der Waals surface area contributed by atoms with Crippen molar-refractivity contribution in [3.05, 3.63) is 35.9 Å². The number of hydrogen-bond donors (Lipinski definition) is 8. The highest BCUT2D eigenvalue weighted by Crippen LogP contribution is 2.07. The lowest BCUT2D eigenvalue weighted by Gasteiger charge is -2.24. The van der Waals surface area contributed by atoms with Crippen LogP contribution in [0.15, 0.2) is 30.3 Å². The molecule has 0 aliphatic carbocycles. The number of amides is 3. The molecule has 198 valence electrons. The fraction of sp³-hybridized carbons (Fsp3) is 0.455. The molecule has 0 aliphatic heterocycles. The smallest absolute Gasteiger partial charge is 0.326 e. The van der Waals surface area contributed by atoms with E-state index in [1.165, 1.54) is 0 Å². The molecule has 0 aliphatic rings. The summed E-state index contributed by atoms with van der Waals surface area (Å²) in [6, 6.07) is 3.10. The van der Waals surface area contributed by atoms with Crippen LogP contribution in [-0.2, 0) is 35.2 Å². The van der Waals surface area contributed by atoms with E-state index in [9.17, 15) is 33.9 Å². The van der Waals surface area contributed by atoms with Crippen molar-refractivity contribution in [3.8, 4) is 0 Å². The van der Waals surface area contributed by atoms with Crippen LogP contribution in [0.4, 0.5) is 0 Å². The zero-order valence-corrected chi connectivity index (χ0v) is 20.1. The number of thiol groups is 1. The molecule has 4 atom stereocenters. The van der Waals surface area contributed by atoms with Gasteiger partial charge in [-0.2, -0.15) is 12.6 Å². The molecule has 4 unspecified atom stereocenters. The first-order chi connectivity index (χ1) is 16.9. The number of carboxylic acids is 3. The van der Waals surface area contributed by atoms with Crippen LogP contribution >= 0.6 is 12.6 Å². The third-order valence-electron chi connectivity index (χ3n) is 4.99. The average molecular weight is 527 g/mol. The molecule has 0 fully saturated rings. The van der Waals surface area contributed by atoms with Crippen molar-refractivity contribution in [2.24, 2.45) is 5.73 Å². The molecule has 1 rings (SSSR count). The lowest BCUT2D eigenvalue weighted by Crippen LogP contribution is -2.57. The molecule has 36 heavy (non-hydrogen) atoms. The van der Waals surface area contributed by atoms with Gasteiger partial charge >= 0.3 is 17.9 Å². The fourth-order valence-electron chi connectivity index (χ4n) is 3.03. The monoisotopic (exact) mass is 526 g/mol. The van der Waals surface area contributed by atoms with E-state index in [0.29, 0.717) is 5.56 Å². The van der Waals surface area contributed by atoms with Crippen LogP contribution in [0.2, 0.25) is 0 Å². The number of hydrogen-bond acceptors (Lipinski definition) is 8. The molecule has 0 saturated heterocycles. The molecule has 0 spiro atoms. The number of rotatable bonds is 16. The summed E-state index contributed by atoms with van der Waals surface area (Å²) in [6.07, 6.45) is -1.84. The van der Waals surface area contributed by atoms with E-state index in [1.54, 1.807) is 30.3 Å². The SMILES string of the molecule is NC(CS)C(=O)NC(CCC(=O)O)C(=O)NC(CCC(=O)O)C(=O)NC(Cc1ccccc1)C(=O)O. The van der Waals surface area contributed by atoms with Gasteiger partial charge in [-0.05, 0) is 18.4 Å². The summed E-state index contributed by atoms with van der Waals surface area (Å²) in [6.45, 7) is 0. The Hall–Kier alpha value is -3.65. The van der Waals surface area contributed by atoms with Crippen LogP contribution in [0.5, 0.6) is 0 Å². The molecule has 13 nitrogen and oxygen atoms in total. The minimum absolute atomic E-state index is 0.0548. The van der Waals surface area contributed by atoms with Crippen molar-refractivity contribution < 1.29 is 44.1 Å². The molecule has 0 bridgehead atoms. The number of nitrogens with one attached hydrogen (secondary N) is 3. The third-order valence-corrected chi connectivity index (χ3v) is 5.38. The maximum absolute atomic E-state index is 12.9. The quantitative estimate of drug-likeness (QED) is 0.119. The zero-order valence-electron chi connectivity index (χ0n) is 19.3. The summed E-state index contributed by atoms with van der Waals surface area (Å²) in [7, 11) is 0. The van der Waals surface area contributed by atoms with Crippen LogP contribution < -0.4 is 21.7 Å². The molecular formula is C22H30N4O9S. The van der Waals surface area contributed by atoms with Gasteiger partial charge in [0.25, 0.3) is 0 Å². The number of carboxylic acid groups (broad SMARTS) is 3. The Morgan fingerprint density at radius 2 is 1.19 bits per heavy atom. The molecular weight excluding hydrogens is 496 g/mol. The van der Waals surface area contributed by atoms with Gasteiger partial charge in [-0.25, -0.2) is 4.79 Å². The van der Waals surface area contributed by atoms with Crippen molar-refractivity contribution in [1.82, 2.24) is 16.0 Å². The van der Waals surface area contributed by atoms with Gasteiger partial charge in [-0.3, -0.25) is 24.0 Å². The minimum atomic E-state index is -1.48. The van der Waals surface area contributed by atoms with Gasteiger partial charge in [0.05, 0.1) is 6.04 Å². The van der Waals surface area contributed by atoms with Crippen LogP contribution in [0, 0.1) is 0 Å². The largest absolute Gasteiger partial charge is 0.481 e. The van der Waals surface area contributed by atoms with E-state index in [4.69, 9.17) is 15.9 Å². The van der Waals surface area contributed by atoms with Crippen LogP contribution in [0.3, 0.4) is 0 Å². The number of aliphatic carboxylic acids is 3. The van der Waals surface area contributed by atoms with E-state index in [1.807, 2.05) is 0 Å². The first-order valence-electron chi connectivity index (χ1n) is 10.9. The first kappa shape index (κ1) is 30.4. The molecule has 0 radical (unpaired) electrons. The number of nitrogens with two attached hydrogens (primary N) is 1. The Kier molecular flexibility index (Phi) is 13.0. The zero-order chi connectivity index (χ0) is 27.3. The summed E-state index contributed by atoms with van der Waals surface area (Å²) >= 11 is 3.89. The van der Waals surface area contributed by atoms with E-state index >= 15 is 0 Å². The Balaban J connectivity index is 3.04. The second-order valence-corrected chi connectivity index (χ2v) is 8.23. The van der Waals surface area contributed by atoms with E-state index in [0.717, 1.165) is 0 Å². The molecule has 14 heteroatoms. The number of carbonyl (C=O) groups excluding carboxylic acids is 3. The second kappa shape index (κ2) is 15.4. The average Bonchev–Trinajstić information content (AvgIpc) is 2.83. The van der Waals surface area contributed by atoms with Crippen LogP contribution in [0.1, 0.15) is 31.2 Å². The van der Waals surface area contributed by atoms with E-state index < -0.39 is 72.6 Å². The van der Waals surface area contributed by atoms with Crippen molar-refractivity contribution >= 4 is 48.3 Å². The molecule has 8 N–H and O–H groups in total. The highest BCUT2D eigenvalue weighted by Gasteiger charge is 2.31. The molecule has 0 saturated carbocycles. The van der Waals surface area contributed by atoms with Crippen LogP contribution in [0.25, 0.3) is 0 Å². The van der Waals surface area contributed by atoms with Crippen molar-refractivity contribution in [2.75, 3.05) is 5.75 Å². The molecule has 0 heterocycles. The van der Waals surface area contributed by atoms with Crippen molar-refractivity contribution in [3.63, 3.8) is 0 Å². The summed E-state index contributed by atoms with van der Waals surface area (Å²) in [4.78, 5) is 71.6. The number of carbonyl (C=O) groups is 6. The van der Waals surface area contributed by atoms with Crippen LogP contribution in [-0.4, -0.2) is 80.9 Å². The highest BCUT2D eigenvalue weighted by atomic mass is 32.1. The van der Waals surface area contributed by atoms with E-state index in [-0.39, 0.29) is 25.0 Å². The lowest BCUT2D eigenvalue weighted by molar-refractivity contribution is -0.143. The Morgan fingerprint density at radius 1 is 0.750 bits per heavy atom. The highest BCUT2D eigenvalue weighted by molar-refractivity contribution is 7.80. The summed E-state index contributed by atoms with van der Waals surface area (Å²) in [5.41, 5.74) is 6.20. The van der Waals surface area contributed by atoms with Gasteiger partial charge in [0.1, 0.15) is 18.1 Å². The van der Waals surface area contributed by atoms with Gasteiger partial charge in [0.15, 0.2) is 0 Å². The standard InChI is InChI=1S/C22H30N4O9S/c23-13(11-36)19(31)24-14(6-8-17(27)28)20(32)25-15(7-9-18(29)30)21(33)26-16(22(34)35)10-12-4-2-1-3-5-12/h1-5,13-16,36H,6-11,23H2,(H,24,31)(H,25,32)(H,26,33)(H,27,28)(H,29,30)(H,34,35). The third kappa shape index (κ3) is 11.2. The summed E-state index contributed by atoms with van der Waals surface area (Å²) < 4.78 is 0. The number of benzene rings is 1. The predicted octanol–water partition coefficient (Wildman–Crippen LogP) is -1.25. The van der Waals surface area contributed by atoms with Crippen molar-refractivity contribution in [1.29, 1.82) is 0 Å². The lowest BCUT2D eigenvalue weighted by atomic mass is 10.0. The van der Waals surface area contributed by atoms with Crippen molar-refractivity contribution in [2.45, 2.75) is 56.3 Å². The summed E-state index contributed by atoms with van der Waals surface area (Å²) in [5, 5.41) is 34.4. The van der Waals surface area contributed by atoms with Gasteiger partial charge in [0.2, 0.25) is 17.7 Å². The summed E-state index contributed by atoms with van der Waals surface area (Å²) in [5.74, 6) is -6.61. The van der Waals surface area contributed by atoms with Gasteiger partial charge < -0.3 is 37.0 Å². The van der Waals surface area contributed by atoms with Gasteiger partial charge in [-0.1, -0.05) is 30.3 Å². The predicted molar refractivity (Wildman–Crippen MR) is 129 cm³/mol. The maximum Gasteiger partial charge on any atom is 0.326 e. The molecule has 1 aromatic carbocycles. The Morgan fingerprint density at radius 3 is 1.61 bits per heavy atom. The fourth-order valence-corrected chi connectivity index (χ4v) is 3.20. The van der Waals surface area contributed by atoms with Gasteiger partial charge in [0, 0.05) is 25.0 Å². The topological polar surface area (TPSA) is 225 Å². The Labute approximate surface area is 212 Å². The molecule has 3 amide bonds. The normalized spacial score (nSPS) is 13.9. The minimum Gasteiger partial charge on any atom is -0.481 e.